The van der Waals surface area contributed by atoms with E-state index in [1.54, 1.807) is 0 Å². The minimum absolute atomic E-state index is 0.143. The molecule has 1 aromatic rings. The molecular weight excluding hydrogens is 316 g/mol. The molecule has 2 saturated heterocycles. The van der Waals surface area contributed by atoms with Crippen molar-refractivity contribution in [2.45, 2.75) is 70.3 Å². The van der Waals surface area contributed by atoms with Crippen LogP contribution in [0.2, 0.25) is 0 Å². The summed E-state index contributed by atoms with van der Waals surface area (Å²) in [6, 6.07) is 6.28. The normalized spacial score (nSPS) is 28.8. The fraction of sp³-hybridized carbons (Fsp3) is 0.700. The molecule has 136 valence electrons. The molecule has 0 aromatic carbocycles. The number of ether oxygens (including phenoxy) is 2. The first kappa shape index (κ1) is 17.0. The Labute approximate surface area is 149 Å². The molecule has 0 N–H and O–H groups in total. The van der Waals surface area contributed by atoms with E-state index in [-0.39, 0.29) is 12.2 Å². The summed E-state index contributed by atoms with van der Waals surface area (Å²) in [5.74, 6) is 1.01. The average Bonchev–Trinajstić information content (AvgIpc) is 3.31. The maximum absolute atomic E-state index is 12.4. The van der Waals surface area contributed by atoms with Crippen molar-refractivity contribution >= 4 is 5.91 Å². The van der Waals surface area contributed by atoms with E-state index in [1.807, 2.05) is 25.1 Å². The highest BCUT2D eigenvalue weighted by Gasteiger charge is 2.42. The van der Waals surface area contributed by atoms with Crippen molar-refractivity contribution in [3.05, 3.63) is 29.6 Å². The van der Waals surface area contributed by atoms with Gasteiger partial charge in [-0.05, 0) is 57.1 Å². The average molecular weight is 344 g/mol. The molecule has 0 bridgehead atoms. The number of likely N-dealkylation sites (tertiary alicyclic amines) is 1. The van der Waals surface area contributed by atoms with Gasteiger partial charge in [0.25, 0.3) is 0 Å². The van der Waals surface area contributed by atoms with Gasteiger partial charge in [-0.2, -0.15) is 0 Å². The smallest absolute Gasteiger partial charge is 0.223 e. The van der Waals surface area contributed by atoms with Gasteiger partial charge in [-0.1, -0.05) is 6.07 Å². The second-order valence-corrected chi connectivity index (χ2v) is 7.75. The van der Waals surface area contributed by atoms with Crippen molar-refractivity contribution in [3.63, 3.8) is 0 Å². The van der Waals surface area contributed by atoms with Crippen LogP contribution >= 0.6 is 0 Å². The second kappa shape index (κ2) is 7.42. The van der Waals surface area contributed by atoms with E-state index < -0.39 is 0 Å². The predicted octanol–water partition coefficient (Wildman–Crippen LogP) is 2.86. The lowest BCUT2D eigenvalue weighted by Crippen LogP contribution is -2.46. The summed E-state index contributed by atoms with van der Waals surface area (Å²) in [6.07, 6.45) is 6.54. The molecule has 1 saturated carbocycles. The first-order chi connectivity index (χ1) is 12.2. The Morgan fingerprint density at radius 2 is 2.16 bits per heavy atom. The Balaban J connectivity index is 1.22. The molecular formula is C20H28N2O3. The fourth-order valence-electron chi connectivity index (χ4n) is 4.09. The van der Waals surface area contributed by atoms with Gasteiger partial charge >= 0.3 is 0 Å². The maximum atomic E-state index is 12.4. The zero-order chi connectivity index (χ0) is 17.2. The van der Waals surface area contributed by atoms with Gasteiger partial charge in [-0.25, -0.2) is 0 Å². The highest BCUT2D eigenvalue weighted by molar-refractivity contribution is 5.77. The van der Waals surface area contributed by atoms with Crippen LogP contribution in [0, 0.1) is 12.8 Å². The van der Waals surface area contributed by atoms with Gasteiger partial charge in [0, 0.05) is 18.7 Å². The van der Waals surface area contributed by atoms with Gasteiger partial charge in [-0.15, -0.1) is 0 Å². The molecule has 1 aliphatic carbocycles. The molecule has 3 fully saturated rings. The van der Waals surface area contributed by atoms with Crippen molar-refractivity contribution in [2.24, 2.45) is 5.92 Å². The van der Waals surface area contributed by atoms with E-state index in [4.69, 9.17) is 9.47 Å². The number of nitrogens with zero attached hydrogens (tertiary/aromatic N) is 2. The van der Waals surface area contributed by atoms with Crippen molar-refractivity contribution in [3.8, 4) is 0 Å². The van der Waals surface area contributed by atoms with E-state index in [2.05, 4.69) is 9.88 Å². The molecule has 3 aliphatic rings. The molecule has 1 aromatic heterocycles. The van der Waals surface area contributed by atoms with E-state index in [1.165, 1.54) is 12.8 Å². The molecule has 2 aliphatic heterocycles. The molecule has 3 heterocycles. The highest BCUT2D eigenvalue weighted by Crippen LogP contribution is 2.36. The first-order valence-corrected chi connectivity index (χ1v) is 9.64. The summed E-state index contributed by atoms with van der Waals surface area (Å²) in [6.45, 7) is 3.99. The zero-order valence-corrected chi connectivity index (χ0v) is 15.0. The molecule has 5 heteroatoms. The molecule has 25 heavy (non-hydrogen) atoms. The summed E-state index contributed by atoms with van der Waals surface area (Å²) in [5.41, 5.74) is 1.98. The van der Waals surface area contributed by atoms with Gasteiger partial charge in [-0.3, -0.25) is 9.78 Å². The van der Waals surface area contributed by atoms with Crippen LogP contribution in [0.4, 0.5) is 0 Å². The largest absolute Gasteiger partial charge is 0.372 e. The summed E-state index contributed by atoms with van der Waals surface area (Å²) in [5, 5.41) is 0. The molecule has 3 atom stereocenters. The number of rotatable bonds is 6. The van der Waals surface area contributed by atoms with E-state index in [9.17, 15) is 4.79 Å². The van der Waals surface area contributed by atoms with Crippen LogP contribution < -0.4 is 0 Å². The molecule has 1 amide bonds. The van der Waals surface area contributed by atoms with Crippen LogP contribution in [0.5, 0.6) is 0 Å². The van der Waals surface area contributed by atoms with Gasteiger partial charge in [0.1, 0.15) is 0 Å². The van der Waals surface area contributed by atoms with Gasteiger partial charge in [0.2, 0.25) is 5.91 Å². The number of aromatic nitrogens is 1. The Morgan fingerprint density at radius 1 is 1.28 bits per heavy atom. The van der Waals surface area contributed by atoms with E-state index >= 15 is 0 Å². The second-order valence-electron chi connectivity index (χ2n) is 7.75. The number of hydrogen-bond donors (Lipinski definition) is 0. The number of fused-ring (bicyclic) bond motifs is 1. The number of carbonyl (C=O) groups excluding carboxylic acids is 1. The lowest BCUT2D eigenvalue weighted by molar-refractivity contribution is -0.139. The quantitative estimate of drug-likeness (QED) is 0.796. The van der Waals surface area contributed by atoms with Crippen LogP contribution in [-0.2, 0) is 20.9 Å². The number of pyridine rings is 1. The van der Waals surface area contributed by atoms with Crippen LogP contribution in [0.1, 0.15) is 49.9 Å². The Bertz CT molecular complexity index is 617. The third-order valence-corrected chi connectivity index (χ3v) is 5.62. The maximum Gasteiger partial charge on any atom is 0.223 e. The van der Waals surface area contributed by atoms with Crippen molar-refractivity contribution in [2.75, 3.05) is 13.2 Å². The Morgan fingerprint density at radius 3 is 2.96 bits per heavy atom. The SMILES string of the molecule is Cc1cccc(COC[C@@H]2CC[C@H]3[C@H](CCN3C(=O)CC3CC3)O2)n1. The monoisotopic (exact) mass is 344 g/mol. The van der Waals surface area contributed by atoms with Crippen LogP contribution in [0.15, 0.2) is 18.2 Å². The van der Waals surface area contributed by atoms with Gasteiger partial charge in [0.15, 0.2) is 0 Å². The summed E-state index contributed by atoms with van der Waals surface area (Å²) >= 11 is 0. The minimum Gasteiger partial charge on any atom is -0.372 e. The van der Waals surface area contributed by atoms with Crippen molar-refractivity contribution in [1.29, 1.82) is 0 Å². The lowest BCUT2D eigenvalue weighted by atomic mass is 9.99. The van der Waals surface area contributed by atoms with Crippen molar-refractivity contribution < 1.29 is 14.3 Å². The minimum atomic E-state index is 0.143. The molecule has 0 spiro atoms. The number of aryl methyl sites for hydroxylation is 1. The fourth-order valence-corrected chi connectivity index (χ4v) is 4.09. The summed E-state index contributed by atoms with van der Waals surface area (Å²) in [4.78, 5) is 19.0. The first-order valence-electron chi connectivity index (χ1n) is 9.64. The van der Waals surface area contributed by atoms with E-state index in [0.29, 0.717) is 31.1 Å². The van der Waals surface area contributed by atoms with E-state index in [0.717, 1.165) is 43.6 Å². The lowest BCUT2D eigenvalue weighted by Gasteiger charge is -2.36. The highest BCUT2D eigenvalue weighted by atomic mass is 16.5. The zero-order valence-electron chi connectivity index (χ0n) is 15.0. The Kier molecular flexibility index (Phi) is 5.04. The molecule has 0 unspecified atom stereocenters. The van der Waals surface area contributed by atoms with Crippen molar-refractivity contribution in [1.82, 2.24) is 9.88 Å². The van der Waals surface area contributed by atoms with Crippen LogP contribution in [-0.4, -0.2) is 47.2 Å². The third kappa shape index (κ3) is 4.21. The molecule has 0 radical (unpaired) electrons. The summed E-state index contributed by atoms with van der Waals surface area (Å²) in [7, 11) is 0. The number of amides is 1. The molecule has 4 rings (SSSR count). The third-order valence-electron chi connectivity index (χ3n) is 5.62. The van der Waals surface area contributed by atoms with Gasteiger partial charge < -0.3 is 14.4 Å². The predicted molar refractivity (Wildman–Crippen MR) is 94.0 cm³/mol. The standard InChI is InChI=1S/C20H28N2O3/c1-14-3-2-4-16(21-14)12-24-13-17-7-8-18-19(25-17)9-10-22(18)20(23)11-15-5-6-15/h2-4,15,17-19H,5-13H2,1H3/t17-,18-,19-/m0/s1. The topological polar surface area (TPSA) is 51.7 Å². The Hall–Kier alpha value is -1.46. The molecule has 5 nitrogen and oxygen atoms in total. The van der Waals surface area contributed by atoms with Gasteiger partial charge in [0.05, 0.1) is 37.2 Å². The summed E-state index contributed by atoms with van der Waals surface area (Å²) < 4.78 is 12.1. The number of hydrogen-bond acceptors (Lipinski definition) is 4. The number of carbonyl (C=O) groups is 1. The van der Waals surface area contributed by atoms with Crippen LogP contribution in [0.3, 0.4) is 0 Å². The van der Waals surface area contributed by atoms with Crippen LogP contribution in [0.25, 0.3) is 0 Å².